The van der Waals surface area contributed by atoms with Crippen molar-refractivity contribution in [2.75, 3.05) is 6.79 Å². The van der Waals surface area contributed by atoms with Crippen LogP contribution in [0.15, 0.2) is 77.3 Å². The summed E-state index contributed by atoms with van der Waals surface area (Å²) in [6, 6.07) is 20.9. The van der Waals surface area contributed by atoms with Crippen molar-refractivity contribution in [3.63, 3.8) is 0 Å². The molecule has 2 N–H and O–H groups in total. The highest BCUT2D eigenvalue weighted by Crippen LogP contribution is 2.64. The van der Waals surface area contributed by atoms with Gasteiger partial charge < -0.3 is 19.8 Å². The maximum Gasteiger partial charge on any atom is 0.404 e. The van der Waals surface area contributed by atoms with Crippen LogP contribution >= 0.6 is 23.5 Å². The number of amides is 2. The summed E-state index contributed by atoms with van der Waals surface area (Å²) >= 11 is 3.12. The van der Waals surface area contributed by atoms with E-state index in [0.29, 0.717) is 17.7 Å². The third-order valence-electron chi connectivity index (χ3n) is 7.11. The molecule has 9 nitrogen and oxygen atoms in total. The molecular weight excluding hydrogens is 659 g/mol. The van der Waals surface area contributed by atoms with Gasteiger partial charge in [-0.15, -0.1) is 0 Å². The monoisotopic (exact) mass is 689 g/mol. The summed E-state index contributed by atoms with van der Waals surface area (Å²) in [5.41, 5.74) is -3.38. The molecular formula is C31H31BrF2N3O6P. The number of halogens is 3. The third kappa shape index (κ3) is 7.36. The molecule has 1 fully saturated rings. The number of esters is 1. The van der Waals surface area contributed by atoms with Crippen LogP contribution in [-0.2, 0) is 37.2 Å². The summed E-state index contributed by atoms with van der Waals surface area (Å²) in [7, 11) is -5.64. The Labute approximate surface area is 262 Å². The molecule has 2 amide bonds. The van der Waals surface area contributed by atoms with Gasteiger partial charge in [0.15, 0.2) is 0 Å². The fourth-order valence-electron chi connectivity index (χ4n) is 4.68. The van der Waals surface area contributed by atoms with Gasteiger partial charge in [-0.1, -0.05) is 70.5 Å². The summed E-state index contributed by atoms with van der Waals surface area (Å²) in [5.74, 6) is -0.785. The van der Waals surface area contributed by atoms with Crippen LogP contribution in [0.1, 0.15) is 54.6 Å². The number of benzene rings is 3. The van der Waals surface area contributed by atoms with Crippen molar-refractivity contribution >= 4 is 35.5 Å². The number of nitriles is 1. The first-order chi connectivity index (χ1) is 20.6. The molecule has 232 valence electrons. The van der Waals surface area contributed by atoms with E-state index in [1.807, 2.05) is 30.3 Å². The van der Waals surface area contributed by atoms with E-state index in [1.165, 1.54) is 32.9 Å². The van der Waals surface area contributed by atoms with Crippen LogP contribution in [-0.4, -0.2) is 34.6 Å². The molecule has 3 aromatic carbocycles. The quantitative estimate of drug-likeness (QED) is 0.133. The second-order valence-electron chi connectivity index (χ2n) is 11.4. The zero-order valence-corrected chi connectivity index (χ0v) is 26.6. The fraction of sp³-hybridized carbons (Fsp3) is 0.323. The molecule has 3 atom stereocenters. The fourth-order valence-corrected chi connectivity index (χ4v) is 6.37. The average Bonchev–Trinajstić information content (AvgIpc) is 3.27. The van der Waals surface area contributed by atoms with Crippen LogP contribution in [0, 0.1) is 16.7 Å². The second kappa shape index (κ2) is 13.2. The number of ether oxygens (including phenoxy) is 1. The Morgan fingerprint density at radius 1 is 1.09 bits per heavy atom. The SMILES string of the molecule is CC(C)(C)C(=O)OCOP(=O)(O)C(F)(F)c1ccc(CC2C(c3ccc(C#N)cc3)NC(=O)N2Cc2ccccc2)cc1Br. The Hall–Kier alpha value is -3.62. The first-order valence-corrected chi connectivity index (χ1v) is 15.9. The number of nitrogens with zero attached hydrogens (tertiary/aromatic N) is 2. The molecule has 0 aliphatic carbocycles. The largest absolute Gasteiger partial charge is 0.438 e. The molecule has 13 heteroatoms. The molecule has 3 unspecified atom stereocenters. The maximum absolute atomic E-state index is 15.3. The van der Waals surface area contributed by atoms with Crippen molar-refractivity contribution in [2.24, 2.45) is 5.41 Å². The Balaban J connectivity index is 1.58. The van der Waals surface area contributed by atoms with Gasteiger partial charge in [-0.2, -0.15) is 14.0 Å². The molecule has 1 saturated heterocycles. The van der Waals surface area contributed by atoms with Gasteiger partial charge in [0.2, 0.25) is 6.79 Å². The summed E-state index contributed by atoms with van der Waals surface area (Å²) in [5, 5.41) is 12.2. The molecule has 4 rings (SSSR count). The van der Waals surface area contributed by atoms with E-state index in [4.69, 9.17) is 4.74 Å². The van der Waals surface area contributed by atoms with Crippen LogP contribution < -0.4 is 5.32 Å². The topological polar surface area (TPSA) is 129 Å². The van der Waals surface area contributed by atoms with Crippen molar-refractivity contribution in [3.05, 3.63) is 105 Å². The minimum absolute atomic E-state index is 0.147. The summed E-state index contributed by atoms with van der Waals surface area (Å²) < 4.78 is 52.2. The molecule has 1 aliphatic rings. The predicted octanol–water partition coefficient (Wildman–Crippen LogP) is 7.00. The highest BCUT2D eigenvalue weighted by atomic mass is 79.9. The number of hydrogen-bond acceptors (Lipinski definition) is 6. The lowest BCUT2D eigenvalue weighted by Gasteiger charge is -2.28. The van der Waals surface area contributed by atoms with Crippen molar-refractivity contribution in [1.82, 2.24) is 10.2 Å². The van der Waals surface area contributed by atoms with Gasteiger partial charge in [0.25, 0.3) is 0 Å². The van der Waals surface area contributed by atoms with E-state index in [1.54, 1.807) is 29.2 Å². The highest BCUT2D eigenvalue weighted by molar-refractivity contribution is 9.10. The van der Waals surface area contributed by atoms with Crippen molar-refractivity contribution < 1.29 is 37.1 Å². The number of alkyl halides is 2. The normalized spacial score (nSPS) is 18.3. The summed E-state index contributed by atoms with van der Waals surface area (Å²) in [4.78, 5) is 36.9. The van der Waals surface area contributed by atoms with E-state index in [9.17, 15) is 24.3 Å². The lowest BCUT2D eigenvalue weighted by Crippen LogP contribution is -2.35. The van der Waals surface area contributed by atoms with Crippen LogP contribution in [0.3, 0.4) is 0 Å². The van der Waals surface area contributed by atoms with Crippen molar-refractivity contribution in [1.29, 1.82) is 5.26 Å². The third-order valence-corrected chi connectivity index (χ3v) is 9.17. The Kier molecular flexibility index (Phi) is 9.96. The highest BCUT2D eigenvalue weighted by Gasteiger charge is 2.54. The summed E-state index contributed by atoms with van der Waals surface area (Å²) in [6.45, 7) is 3.78. The van der Waals surface area contributed by atoms with Crippen LogP contribution in [0.25, 0.3) is 0 Å². The van der Waals surface area contributed by atoms with E-state index in [2.05, 4.69) is 31.8 Å². The van der Waals surface area contributed by atoms with Crippen molar-refractivity contribution in [3.8, 4) is 6.07 Å². The van der Waals surface area contributed by atoms with Gasteiger partial charge in [0.1, 0.15) is 0 Å². The van der Waals surface area contributed by atoms with Crippen molar-refractivity contribution in [2.45, 2.75) is 51.5 Å². The number of urea groups is 1. The van der Waals surface area contributed by atoms with E-state index in [0.717, 1.165) is 17.2 Å². The molecule has 0 spiro atoms. The van der Waals surface area contributed by atoms with Crippen LogP contribution in [0.2, 0.25) is 0 Å². The maximum atomic E-state index is 15.3. The summed E-state index contributed by atoms with van der Waals surface area (Å²) in [6.07, 6.45) is 0.247. The Morgan fingerprint density at radius 3 is 2.34 bits per heavy atom. The molecule has 3 aromatic rings. The van der Waals surface area contributed by atoms with Gasteiger partial charge in [0, 0.05) is 16.6 Å². The number of carbonyl (C=O) groups is 2. The molecule has 1 heterocycles. The molecule has 0 radical (unpaired) electrons. The number of carbonyl (C=O) groups excluding carboxylic acids is 2. The Bertz CT molecular complexity index is 1610. The van der Waals surface area contributed by atoms with Crippen LogP contribution in [0.5, 0.6) is 0 Å². The number of rotatable bonds is 10. The Morgan fingerprint density at radius 2 is 1.75 bits per heavy atom. The van der Waals surface area contributed by atoms with Gasteiger partial charge >= 0.3 is 25.3 Å². The average molecular weight is 690 g/mol. The minimum atomic E-state index is -5.64. The lowest BCUT2D eigenvalue weighted by molar-refractivity contribution is -0.160. The smallest absolute Gasteiger partial charge is 0.404 e. The van der Waals surface area contributed by atoms with E-state index in [-0.39, 0.29) is 16.9 Å². The zero-order chi connectivity index (χ0) is 32.3. The predicted molar refractivity (Wildman–Crippen MR) is 161 cm³/mol. The van der Waals surface area contributed by atoms with Gasteiger partial charge in [-0.3, -0.25) is 13.9 Å². The number of nitrogens with one attached hydrogen (secondary N) is 1. The second-order valence-corrected chi connectivity index (χ2v) is 14.1. The molecule has 44 heavy (non-hydrogen) atoms. The standard InChI is InChI=1S/C31H31BrF2N3O6P/c1-30(2,3)28(38)42-19-43-44(40,41)31(33,34)24-14-11-22(15-25(24)32)16-26-27(23-12-9-20(17-35)10-13-23)36-29(39)37(26)18-21-7-5-4-6-8-21/h4-15,26-27H,16,18-19H2,1-3H3,(H,36,39)(H,40,41). The minimum Gasteiger partial charge on any atom is -0.438 e. The van der Waals surface area contributed by atoms with Gasteiger partial charge in [-0.05, 0) is 62.1 Å². The van der Waals surface area contributed by atoms with Gasteiger partial charge in [0.05, 0.1) is 29.1 Å². The molecule has 0 aromatic heterocycles. The van der Waals surface area contributed by atoms with Crippen LogP contribution in [0.4, 0.5) is 13.6 Å². The molecule has 0 saturated carbocycles. The molecule has 1 aliphatic heterocycles. The van der Waals surface area contributed by atoms with E-state index < -0.39 is 49.1 Å². The first kappa shape index (κ1) is 33.3. The van der Waals surface area contributed by atoms with E-state index >= 15 is 8.78 Å². The zero-order valence-electron chi connectivity index (χ0n) is 24.2. The first-order valence-electron chi connectivity index (χ1n) is 13.6. The lowest BCUT2D eigenvalue weighted by atomic mass is 9.93. The molecule has 0 bridgehead atoms. The number of hydrogen-bond donors (Lipinski definition) is 2. The van der Waals surface area contributed by atoms with Gasteiger partial charge in [-0.25, -0.2) is 4.79 Å².